The molecule has 0 saturated carbocycles. The van der Waals surface area contributed by atoms with Gasteiger partial charge in [-0.3, -0.25) is 4.98 Å². The average Bonchev–Trinajstić information content (AvgIpc) is 2.77. The Bertz CT molecular complexity index is 509. The van der Waals surface area contributed by atoms with Gasteiger partial charge in [-0.2, -0.15) is 0 Å². The first-order chi connectivity index (χ1) is 8.66. The summed E-state index contributed by atoms with van der Waals surface area (Å²) in [7, 11) is 0. The van der Waals surface area contributed by atoms with E-state index < -0.39 is 0 Å². The summed E-state index contributed by atoms with van der Waals surface area (Å²) in [5, 5.41) is 11.1. The van der Waals surface area contributed by atoms with E-state index in [-0.39, 0.29) is 5.82 Å². The first-order valence-corrected chi connectivity index (χ1v) is 5.88. The summed E-state index contributed by atoms with van der Waals surface area (Å²) in [6, 6.07) is 1.38. The first kappa shape index (κ1) is 12.6. The summed E-state index contributed by atoms with van der Waals surface area (Å²) >= 11 is 0. The van der Waals surface area contributed by atoms with Crippen LogP contribution in [0.5, 0.6) is 0 Å². The largest absolute Gasteiger partial charge is 0.311 e. The number of halogens is 1. The second-order valence-electron chi connectivity index (χ2n) is 4.52. The van der Waals surface area contributed by atoms with E-state index in [0.29, 0.717) is 18.2 Å². The molecule has 0 radical (unpaired) electrons. The van der Waals surface area contributed by atoms with Crippen LogP contribution in [0.15, 0.2) is 24.7 Å². The molecule has 96 valence electrons. The number of pyridine rings is 1. The van der Waals surface area contributed by atoms with Crippen LogP contribution in [0.4, 0.5) is 4.39 Å². The molecule has 0 unspecified atom stereocenters. The van der Waals surface area contributed by atoms with Gasteiger partial charge in [0.05, 0.1) is 30.0 Å². The number of hydrogen-bond donors (Lipinski definition) is 1. The molecule has 0 aromatic carbocycles. The van der Waals surface area contributed by atoms with Crippen LogP contribution in [-0.2, 0) is 6.54 Å². The smallest absolute Gasteiger partial charge is 0.143 e. The van der Waals surface area contributed by atoms with Crippen molar-refractivity contribution in [3.05, 3.63) is 36.2 Å². The Balaban J connectivity index is 2.12. The van der Waals surface area contributed by atoms with Crippen molar-refractivity contribution >= 4 is 0 Å². The van der Waals surface area contributed by atoms with E-state index in [1.807, 2.05) is 0 Å². The topological polar surface area (TPSA) is 55.6 Å². The second-order valence-corrected chi connectivity index (χ2v) is 4.52. The second kappa shape index (κ2) is 5.68. The minimum absolute atomic E-state index is 0.385. The van der Waals surface area contributed by atoms with Gasteiger partial charge in [-0.1, -0.05) is 19.1 Å². The zero-order chi connectivity index (χ0) is 13.0. The number of nitrogens with one attached hydrogen (secondary N) is 1. The summed E-state index contributed by atoms with van der Waals surface area (Å²) in [6.45, 7) is 5.83. The highest BCUT2D eigenvalue weighted by Crippen LogP contribution is 2.09. The minimum atomic E-state index is -0.385. The van der Waals surface area contributed by atoms with Crippen molar-refractivity contribution in [3.63, 3.8) is 0 Å². The molecule has 1 N–H and O–H groups in total. The van der Waals surface area contributed by atoms with E-state index in [9.17, 15) is 4.39 Å². The van der Waals surface area contributed by atoms with Crippen molar-refractivity contribution in [1.29, 1.82) is 0 Å². The lowest BCUT2D eigenvalue weighted by Gasteiger charge is -2.08. The third-order valence-electron chi connectivity index (χ3n) is 2.41. The molecule has 0 amide bonds. The predicted molar refractivity (Wildman–Crippen MR) is 65.7 cm³/mol. The molecule has 5 nitrogen and oxygen atoms in total. The summed E-state index contributed by atoms with van der Waals surface area (Å²) in [6.07, 6.45) is 4.39. The van der Waals surface area contributed by atoms with Gasteiger partial charge < -0.3 is 5.32 Å². The van der Waals surface area contributed by atoms with Gasteiger partial charge in [0.15, 0.2) is 0 Å². The number of aromatic nitrogens is 4. The lowest BCUT2D eigenvalue weighted by molar-refractivity contribution is 0.541. The van der Waals surface area contributed by atoms with Crippen molar-refractivity contribution in [2.24, 2.45) is 5.92 Å². The standard InChI is InChI=1S/C12H16FN5/c1-9(2)4-14-7-12-8-16-17-18(12)11-3-10(13)5-15-6-11/h3,5-6,8-9,14H,4,7H2,1-2H3. The molecule has 0 saturated heterocycles. The van der Waals surface area contributed by atoms with Crippen LogP contribution in [-0.4, -0.2) is 26.5 Å². The molecule has 0 spiro atoms. The van der Waals surface area contributed by atoms with Crippen molar-refractivity contribution in [3.8, 4) is 5.69 Å². The van der Waals surface area contributed by atoms with E-state index in [1.165, 1.54) is 6.07 Å². The molecule has 6 heteroatoms. The van der Waals surface area contributed by atoms with Crippen LogP contribution in [0.1, 0.15) is 19.5 Å². The van der Waals surface area contributed by atoms with Gasteiger partial charge in [-0.05, 0) is 12.5 Å². The maximum atomic E-state index is 13.1. The molecule has 18 heavy (non-hydrogen) atoms. The van der Waals surface area contributed by atoms with Gasteiger partial charge in [0.25, 0.3) is 0 Å². The highest BCUT2D eigenvalue weighted by Gasteiger charge is 2.07. The fourth-order valence-corrected chi connectivity index (χ4v) is 1.60. The van der Waals surface area contributed by atoms with Crippen molar-refractivity contribution in [2.75, 3.05) is 6.54 Å². The fraction of sp³-hybridized carbons (Fsp3) is 0.417. The van der Waals surface area contributed by atoms with E-state index >= 15 is 0 Å². The molecule has 0 bridgehead atoms. The van der Waals surface area contributed by atoms with Gasteiger partial charge in [0.2, 0.25) is 0 Å². The zero-order valence-electron chi connectivity index (χ0n) is 10.5. The Morgan fingerprint density at radius 3 is 2.89 bits per heavy atom. The van der Waals surface area contributed by atoms with E-state index in [1.54, 1.807) is 17.1 Å². The van der Waals surface area contributed by atoms with Gasteiger partial charge in [0.1, 0.15) is 5.82 Å². The Kier molecular flexibility index (Phi) is 3.99. The first-order valence-electron chi connectivity index (χ1n) is 5.88. The Labute approximate surface area is 105 Å². The molecular formula is C12H16FN5. The van der Waals surface area contributed by atoms with E-state index in [2.05, 4.69) is 34.5 Å². The Hall–Kier alpha value is -1.82. The lowest BCUT2D eigenvalue weighted by Crippen LogP contribution is -2.20. The van der Waals surface area contributed by atoms with Crippen LogP contribution < -0.4 is 5.32 Å². The molecule has 2 aromatic heterocycles. The maximum Gasteiger partial charge on any atom is 0.143 e. The summed E-state index contributed by atoms with van der Waals surface area (Å²) < 4.78 is 14.7. The van der Waals surface area contributed by atoms with Crippen molar-refractivity contribution in [1.82, 2.24) is 25.3 Å². The molecule has 2 rings (SSSR count). The van der Waals surface area contributed by atoms with Crippen LogP contribution in [0.2, 0.25) is 0 Å². The molecular weight excluding hydrogens is 233 g/mol. The summed E-state index contributed by atoms with van der Waals surface area (Å²) in [5.74, 6) is 0.189. The molecule has 0 fully saturated rings. The third-order valence-corrected chi connectivity index (χ3v) is 2.41. The molecule has 0 atom stereocenters. The Morgan fingerprint density at radius 2 is 2.17 bits per heavy atom. The van der Waals surface area contributed by atoms with Gasteiger partial charge in [-0.25, -0.2) is 9.07 Å². The average molecular weight is 249 g/mol. The molecule has 2 aromatic rings. The van der Waals surface area contributed by atoms with Crippen LogP contribution >= 0.6 is 0 Å². The highest BCUT2D eigenvalue weighted by molar-refractivity contribution is 5.28. The molecule has 0 aliphatic rings. The summed E-state index contributed by atoms with van der Waals surface area (Å²) in [5.41, 5.74) is 1.46. The third kappa shape index (κ3) is 3.10. The Morgan fingerprint density at radius 1 is 1.33 bits per heavy atom. The fourth-order valence-electron chi connectivity index (χ4n) is 1.60. The molecule has 0 aliphatic carbocycles. The van der Waals surface area contributed by atoms with Crippen LogP contribution in [0.25, 0.3) is 5.69 Å². The van der Waals surface area contributed by atoms with Crippen LogP contribution in [0.3, 0.4) is 0 Å². The molecule has 2 heterocycles. The number of nitrogens with zero attached hydrogens (tertiary/aromatic N) is 4. The summed E-state index contributed by atoms with van der Waals surface area (Å²) in [4.78, 5) is 3.81. The lowest BCUT2D eigenvalue weighted by atomic mass is 10.2. The van der Waals surface area contributed by atoms with Crippen molar-refractivity contribution < 1.29 is 4.39 Å². The number of rotatable bonds is 5. The van der Waals surface area contributed by atoms with Crippen LogP contribution in [0, 0.1) is 11.7 Å². The normalized spacial score (nSPS) is 11.1. The van der Waals surface area contributed by atoms with E-state index in [0.717, 1.165) is 18.4 Å². The number of hydrogen-bond acceptors (Lipinski definition) is 4. The maximum absolute atomic E-state index is 13.1. The van der Waals surface area contributed by atoms with E-state index in [4.69, 9.17) is 0 Å². The van der Waals surface area contributed by atoms with Crippen molar-refractivity contribution in [2.45, 2.75) is 20.4 Å². The minimum Gasteiger partial charge on any atom is -0.311 e. The SMILES string of the molecule is CC(C)CNCc1cnnn1-c1cncc(F)c1. The quantitative estimate of drug-likeness (QED) is 0.873. The van der Waals surface area contributed by atoms with Gasteiger partial charge in [-0.15, -0.1) is 5.10 Å². The van der Waals surface area contributed by atoms with Gasteiger partial charge >= 0.3 is 0 Å². The highest BCUT2D eigenvalue weighted by atomic mass is 19.1. The van der Waals surface area contributed by atoms with Gasteiger partial charge in [0, 0.05) is 12.6 Å². The monoisotopic (exact) mass is 249 g/mol. The zero-order valence-corrected chi connectivity index (χ0v) is 10.5. The molecule has 0 aliphatic heterocycles. The predicted octanol–water partition coefficient (Wildman–Crippen LogP) is 1.55.